The van der Waals surface area contributed by atoms with E-state index in [4.69, 9.17) is 14.6 Å². The van der Waals surface area contributed by atoms with Gasteiger partial charge >= 0.3 is 5.97 Å². The van der Waals surface area contributed by atoms with Crippen molar-refractivity contribution >= 4 is 16.7 Å². The standard InChI is InChI=1S/C14H13NO4/c16-14(17)8-11-10-7-13-12(18-4-1-5-19-13)6-9(10)2-3-15-11/h2-3,6-7H,1,4-5,8H2,(H,16,17). The summed E-state index contributed by atoms with van der Waals surface area (Å²) < 4.78 is 11.2. The molecule has 1 aromatic heterocycles. The summed E-state index contributed by atoms with van der Waals surface area (Å²) >= 11 is 0. The molecule has 0 bridgehead atoms. The van der Waals surface area contributed by atoms with Gasteiger partial charge in [-0.05, 0) is 23.6 Å². The lowest BCUT2D eigenvalue weighted by Gasteiger charge is -2.10. The molecule has 1 N–H and O–H groups in total. The number of nitrogens with zero attached hydrogens (tertiary/aromatic N) is 1. The molecule has 0 radical (unpaired) electrons. The van der Waals surface area contributed by atoms with Crippen molar-refractivity contribution in [2.24, 2.45) is 0 Å². The number of hydrogen-bond acceptors (Lipinski definition) is 4. The minimum absolute atomic E-state index is 0.100. The van der Waals surface area contributed by atoms with Crippen molar-refractivity contribution < 1.29 is 19.4 Å². The molecular weight excluding hydrogens is 246 g/mol. The summed E-state index contributed by atoms with van der Waals surface area (Å²) in [5.74, 6) is 0.467. The van der Waals surface area contributed by atoms with E-state index in [1.807, 2.05) is 18.2 Å². The van der Waals surface area contributed by atoms with Gasteiger partial charge in [0.2, 0.25) is 0 Å². The highest BCUT2D eigenvalue weighted by Gasteiger charge is 2.14. The van der Waals surface area contributed by atoms with Gasteiger partial charge in [-0.15, -0.1) is 0 Å². The molecule has 1 aliphatic heterocycles. The third kappa shape index (κ3) is 2.31. The molecule has 0 fully saturated rings. The molecule has 5 nitrogen and oxygen atoms in total. The normalized spacial score (nSPS) is 14.1. The fourth-order valence-corrected chi connectivity index (χ4v) is 2.17. The van der Waals surface area contributed by atoms with Gasteiger partial charge in [0.05, 0.1) is 25.3 Å². The Hall–Kier alpha value is -2.30. The fraction of sp³-hybridized carbons (Fsp3) is 0.286. The Morgan fingerprint density at radius 3 is 2.74 bits per heavy atom. The number of ether oxygens (including phenoxy) is 2. The smallest absolute Gasteiger partial charge is 0.309 e. The van der Waals surface area contributed by atoms with Crippen molar-refractivity contribution in [1.82, 2.24) is 4.98 Å². The van der Waals surface area contributed by atoms with E-state index in [2.05, 4.69) is 4.98 Å². The van der Waals surface area contributed by atoms with Crippen LogP contribution in [-0.4, -0.2) is 29.3 Å². The summed E-state index contributed by atoms with van der Waals surface area (Å²) in [6.45, 7) is 1.23. The average Bonchev–Trinajstić information content (AvgIpc) is 2.61. The minimum Gasteiger partial charge on any atom is -0.490 e. The Kier molecular flexibility index (Phi) is 2.95. The summed E-state index contributed by atoms with van der Waals surface area (Å²) in [6, 6.07) is 5.54. The molecule has 0 amide bonds. The number of carboxylic acids is 1. The van der Waals surface area contributed by atoms with Crippen LogP contribution in [0.25, 0.3) is 10.8 Å². The maximum atomic E-state index is 10.9. The van der Waals surface area contributed by atoms with E-state index in [9.17, 15) is 4.79 Å². The molecule has 0 aliphatic carbocycles. The summed E-state index contributed by atoms with van der Waals surface area (Å²) in [4.78, 5) is 15.0. The zero-order chi connectivity index (χ0) is 13.2. The van der Waals surface area contributed by atoms with E-state index in [0.717, 1.165) is 17.2 Å². The van der Waals surface area contributed by atoms with Gasteiger partial charge in [0, 0.05) is 18.0 Å². The first-order valence-electron chi connectivity index (χ1n) is 6.13. The summed E-state index contributed by atoms with van der Waals surface area (Å²) in [5.41, 5.74) is 0.542. The van der Waals surface area contributed by atoms with Crippen molar-refractivity contribution in [2.75, 3.05) is 13.2 Å². The summed E-state index contributed by atoms with van der Waals surface area (Å²) in [6.07, 6.45) is 2.35. The van der Waals surface area contributed by atoms with E-state index in [0.29, 0.717) is 30.4 Å². The van der Waals surface area contributed by atoms with Gasteiger partial charge in [-0.1, -0.05) is 0 Å². The van der Waals surface area contributed by atoms with Crippen LogP contribution in [0.2, 0.25) is 0 Å². The highest BCUT2D eigenvalue weighted by molar-refractivity contribution is 5.90. The zero-order valence-electron chi connectivity index (χ0n) is 10.3. The largest absolute Gasteiger partial charge is 0.490 e. The number of aliphatic carboxylic acids is 1. The SMILES string of the molecule is O=C(O)Cc1nccc2cc3c(cc12)OCCCO3. The van der Waals surface area contributed by atoms with Crippen LogP contribution in [0.15, 0.2) is 24.4 Å². The summed E-state index contributed by atoms with van der Waals surface area (Å²) in [5, 5.41) is 10.6. The third-order valence-electron chi connectivity index (χ3n) is 3.03. The van der Waals surface area contributed by atoms with Crippen LogP contribution in [0.1, 0.15) is 12.1 Å². The number of aromatic nitrogens is 1. The van der Waals surface area contributed by atoms with Gasteiger partial charge in [-0.25, -0.2) is 0 Å². The van der Waals surface area contributed by atoms with Crippen LogP contribution >= 0.6 is 0 Å². The Morgan fingerprint density at radius 1 is 1.26 bits per heavy atom. The molecule has 0 unspecified atom stereocenters. The predicted molar refractivity (Wildman–Crippen MR) is 68.7 cm³/mol. The molecule has 19 heavy (non-hydrogen) atoms. The van der Waals surface area contributed by atoms with Crippen molar-refractivity contribution in [3.8, 4) is 11.5 Å². The molecule has 0 atom stereocenters. The van der Waals surface area contributed by atoms with Gasteiger partial charge in [0.15, 0.2) is 11.5 Å². The van der Waals surface area contributed by atoms with Crippen LogP contribution in [0.5, 0.6) is 11.5 Å². The first-order valence-corrected chi connectivity index (χ1v) is 6.13. The lowest BCUT2D eigenvalue weighted by molar-refractivity contribution is -0.136. The monoisotopic (exact) mass is 259 g/mol. The molecule has 1 aromatic carbocycles. The van der Waals surface area contributed by atoms with Crippen molar-refractivity contribution in [1.29, 1.82) is 0 Å². The highest BCUT2D eigenvalue weighted by atomic mass is 16.5. The van der Waals surface area contributed by atoms with Gasteiger partial charge in [0.1, 0.15) is 0 Å². The number of pyridine rings is 1. The van der Waals surface area contributed by atoms with Gasteiger partial charge < -0.3 is 14.6 Å². The number of carbonyl (C=O) groups is 1. The van der Waals surface area contributed by atoms with Crippen LogP contribution < -0.4 is 9.47 Å². The fourth-order valence-electron chi connectivity index (χ4n) is 2.17. The van der Waals surface area contributed by atoms with E-state index < -0.39 is 5.97 Å². The lowest BCUT2D eigenvalue weighted by atomic mass is 10.1. The van der Waals surface area contributed by atoms with Crippen LogP contribution in [0, 0.1) is 0 Å². The van der Waals surface area contributed by atoms with Gasteiger partial charge in [0.25, 0.3) is 0 Å². The average molecular weight is 259 g/mol. The predicted octanol–water partition coefficient (Wildman–Crippen LogP) is 2.02. The molecule has 0 saturated heterocycles. The second-order valence-corrected chi connectivity index (χ2v) is 4.40. The quantitative estimate of drug-likeness (QED) is 0.893. The van der Waals surface area contributed by atoms with E-state index in [1.54, 1.807) is 6.20 Å². The number of fused-ring (bicyclic) bond motifs is 2. The van der Waals surface area contributed by atoms with Crippen LogP contribution in [0.4, 0.5) is 0 Å². The van der Waals surface area contributed by atoms with Crippen molar-refractivity contribution in [3.63, 3.8) is 0 Å². The maximum absolute atomic E-state index is 10.9. The van der Waals surface area contributed by atoms with Crippen LogP contribution in [0.3, 0.4) is 0 Å². The second-order valence-electron chi connectivity index (χ2n) is 4.40. The topological polar surface area (TPSA) is 68.7 Å². The minimum atomic E-state index is -0.896. The van der Waals surface area contributed by atoms with Crippen molar-refractivity contribution in [3.05, 3.63) is 30.1 Å². The number of carboxylic acid groups (broad SMARTS) is 1. The third-order valence-corrected chi connectivity index (χ3v) is 3.03. The van der Waals surface area contributed by atoms with E-state index in [1.165, 1.54) is 0 Å². The number of rotatable bonds is 2. The highest BCUT2D eigenvalue weighted by Crippen LogP contribution is 2.35. The molecule has 2 heterocycles. The Balaban J connectivity index is 2.15. The lowest BCUT2D eigenvalue weighted by Crippen LogP contribution is -2.03. The zero-order valence-corrected chi connectivity index (χ0v) is 10.3. The molecule has 98 valence electrons. The van der Waals surface area contributed by atoms with Gasteiger partial charge in [-0.2, -0.15) is 0 Å². The van der Waals surface area contributed by atoms with Crippen LogP contribution in [-0.2, 0) is 11.2 Å². The molecule has 0 spiro atoms. The second kappa shape index (κ2) is 4.76. The maximum Gasteiger partial charge on any atom is 0.309 e. The number of hydrogen-bond donors (Lipinski definition) is 1. The van der Waals surface area contributed by atoms with Gasteiger partial charge in [-0.3, -0.25) is 9.78 Å². The Bertz CT molecular complexity index is 639. The van der Waals surface area contributed by atoms with E-state index in [-0.39, 0.29) is 6.42 Å². The Morgan fingerprint density at radius 2 is 2.00 bits per heavy atom. The first-order chi connectivity index (χ1) is 9.24. The molecular formula is C14H13NO4. The summed E-state index contributed by atoms with van der Waals surface area (Å²) in [7, 11) is 0. The number of benzene rings is 1. The molecule has 0 saturated carbocycles. The molecule has 1 aliphatic rings. The molecule has 5 heteroatoms. The van der Waals surface area contributed by atoms with E-state index >= 15 is 0 Å². The van der Waals surface area contributed by atoms with Crippen molar-refractivity contribution in [2.45, 2.75) is 12.8 Å². The first kappa shape index (κ1) is 11.8. The molecule has 2 aromatic rings. The Labute approximate surface area is 109 Å². The molecule has 3 rings (SSSR count).